The minimum atomic E-state index is -0.532. The van der Waals surface area contributed by atoms with Crippen molar-refractivity contribution in [3.05, 3.63) is 88.4 Å². The van der Waals surface area contributed by atoms with Gasteiger partial charge < -0.3 is 24.4 Å². The van der Waals surface area contributed by atoms with E-state index in [9.17, 15) is 9.59 Å². The van der Waals surface area contributed by atoms with Crippen molar-refractivity contribution in [2.45, 2.75) is 51.3 Å². The molecule has 8 nitrogen and oxygen atoms in total. The zero-order valence-electron chi connectivity index (χ0n) is 26.1. The number of ether oxygens (including phenoxy) is 3. The van der Waals surface area contributed by atoms with Crippen molar-refractivity contribution in [3.63, 3.8) is 0 Å². The Morgan fingerprint density at radius 1 is 1.05 bits per heavy atom. The average Bonchev–Trinajstić information content (AvgIpc) is 3.01. The Hall–Kier alpha value is -3.59. The Labute approximate surface area is 265 Å². The number of aryl methyl sites for hydroxylation is 1. The molecule has 1 N–H and O–H groups in total. The molecule has 0 bridgehead atoms. The maximum Gasteiger partial charge on any atom is 0.227 e. The Kier molecular flexibility index (Phi) is 9.83. The lowest BCUT2D eigenvalue weighted by Gasteiger charge is -2.43. The van der Waals surface area contributed by atoms with Crippen LogP contribution in [-0.2, 0) is 14.3 Å². The quantitative estimate of drug-likeness (QED) is 0.311. The van der Waals surface area contributed by atoms with Gasteiger partial charge in [0.15, 0.2) is 11.5 Å². The number of anilines is 1. The van der Waals surface area contributed by atoms with E-state index >= 15 is 0 Å². The zero-order chi connectivity index (χ0) is 31.4. The van der Waals surface area contributed by atoms with E-state index in [4.69, 9.17) is 25.8 Å². The predicted octanol–water partition coefficient (Wildman–Crippen LogP) is 6.12. The molecule has 9 heteroatoms. The number of morpholine rings is 1. The van der Waals surface area contributed by atoms with Crippen LogP contribution >= 0.6 is 11.6 Å². The van der Waals surface area contributed by atoms with E-state index in [1.807, 2.05) is 73.7 Å². The van der Waals surface area contributed by atoms with Crippen LogP contribution in [0.1, 0.15) is 55.5 Å². The summed E-state index contributed by atoms with van der Waals surface area (Å²) in [6.45, 7) is 8.68. The number of hydrogen-bond acceptors (Lipinski definition) is 6. The number of rotatable bonds is 9. The third-order valence-corrected chi connectivity index (χ3v) is 8.87. The third kappa shape index (κ3) is 7.04. The number of nitrogens with one attached hydrogen (secondary N) is 1. The number of amides is 2. The topological polar surface area (TPSA) is 80.3 Å². The van der Waals surface area contributed by atoms with Gasteiger partial charge in [-0.25, -0.2) is 0 Å². The molecule has 0 spiro atoms. The molecule has 44 heavy (non-hydrogen) atoms. The second kappa shape index (κ2) is 13.6. The van der Waals surface area contributed by atoms with Crippen molar-refractivity contribution in [2.75, 3.05) is 45.4 Å². The van der Waals surface area contributed by atoms with E-state index in [0.717, 1.165) is 35.5 Å². The Morgan fingerprint density at radius 2 is 1.75 bits per heavy atom. The van der Waals surface area contributed by atoms with E-state index in [2.05, 4.69) is 24.1 Å². The van der Waals surface area contributed by atoms with Crippen molar-refractivity contribution in [1.29, 1.82) is 0 Å². The molecule has 2 fully saturated rings. The standard InChI is InChI=1S/C35H42ClN3O5/c1-23-6-13-27(14-7-23)39-32(40)17-15-28(33(39)25-10-16-30(42-4)31(20-25)43-5)34(41)37-21-29(24-8-11-26(36)12-9-24)38-18-19-44-35(2,3)22-38/h6-14,16,20,28-29,33H,15,17-19,21-22H2,1-5H3,(H,37,41). The summed E-state index contributed by atoms with van der Waals surface area (Å²) in [5, 5.41) is 3.96. The van der Waals surface area contributed by atoms with Gasteiger partial charge in [0, 0.05) is 36.8 Å². The highest BCUT2D eigenvalue weighted by molar-refractivity contribution is 6.30. The van der Waals surface area contributed by atoms with Gasteiger partial charge in [-0.2, -0.15) is 0 Å². The molecule has 3 aromatic rings. The number of benzene rings is 3. The van der Waals surface area contributed by atoms with Gasteiger partial charge in [-0.15, -0.1) is 0 Å². The lowest BCUT2D eigenvalue weighted by Crippen LogP contribution is -2.52. The molecule has 2 saturated heterocycles. The van der Waals surface area contributed by atoms with Crippen LogP contribution in [0, 0.1) is 12.8 Å². The highest BCUT2D eigenvalue weighted by Crippen LogP contribution is 2.42. The first-order valence-corrected chi connectivity index (χ1v) is 15.5. The van der Waals surface area contributed by atoms with Crippen LogP contribution in [0.5, 0.6) is 11.5 Å². The monoisotopic (exact) mass is 619 g/mol. The molecule has 2 amide bonds. The Bertz CT molecular complexity index is 1460. The van der Waals surface area contributed by atoms with E-state index < -0.39 is 12.0 Å². The lowest BCUT2D eigenvalue weighted by molar-refractivity contribution is -0.130. The van der Waals surface area contributed by atoms with Gasteiger partial charge >= 0.3 is 0 Å². The first-order chi connectivity index (χ1) is 21.1. The lowest BCUT2D eigenvalue weighted by atomic mass is 9.83. The molecule has 0 radical (unpaired) electrons. The van der Waals surface area contributed by atoms with Crippen molar-refractivity contribution in [3.8, 4) is 11.5 Å². The first-order valence-electron chi connectivity index (χ1n) is 15.1. The summed E-state index contributed by atoms with van der Waals surface area (Å²) in [6.07, 6.45) is 0.705. The Morgan fingerprint density at radius 3 is 2.41 bits per heavy atom. The van der Waals surface area contributed by atoms with Crippen LogP contribution in [0.3, 0.4) is 0 Å². The van der Waals surface area contributed by atoms with E-state index in [-0.39, 0.29) is 29.9 Å². The SMILES string of the molecule is COc1ccc(C2C(C(=O)NCC(c3ccc(Cl)cc3)N3CCOC(C)(C)C3)CCC(=O)N2c2ccc(C)cc2)cc1OC. The normalized spacial score (nSPS) is 21.0. The fourth-order valence-electron chi connectivity index (χ4n) is 6.39. The maximum atomic E-state index is 14.2. The van der Waals surface area contributed by atoms with Gasteiger partial charge in [0.2, 0.25) is 11.8 Å². The minimum Gasteiger partial charge on any atom is -0.493 e. The highest BCUT2D eigenvalue weighted by Gasteiger charge is 2.42. The van der Waals surface area contributed by atoms with Crippen LogP contribution in [0.2, 0.25) is 5.02 Å². The molecule has 3 unspecified atom stereocenters. The number of hydrogen-bond donors (Lipinski definition) is 1. The van der Waals surface area contributed by atoms with Crippen LogP contribution in [-0.4, -0.2) is 62.8 Å². The van der Waals surface area contributed by atoms with Gasteiger partial charge in [-0.05, 0) is 74.7 Å². The number of halogens is 1. The van der Waals surface area contributed by atoms with Gasteiger partial charge in [0.1, 0.15) is 0 Å². The largest absolute Gasteiger partial charge is 0.493 e. The Balaban J connectivity index is 1.47. The van der Waals surface area contributed by atoms with Gasteiger partial charge in [0.25, 0.3) is 0 Å². The molecule has 0 aliphatic carbocycles. The summed E-state index contributed by atoms with van der Waals surface area (Å²) in [5.41, 5.74) is 3.43. The van der Waals surface area contributed by atoms with Crippen molar-refractivity contribution < 1.29 is 23.8 Å². The molecule has 2 aliphatic rings. The van der Waals surface area contributed by atoms with Crippen LogP contribution in [0.15, 0.2) is 66.7 Å². The number of carbonyl (C=O) groups excluding carboxylic acids is 2. The molecule has 2 aliphatic heterocycles. The summed E-state index contributed by atoms with van der Waals surface area (Å²) in [7, 11) is 3.17. The third-order valence-electron chi connectivity index (χ3n) is 8.62. The van der Waals surface area contributed by atoms with E-state index in [0.29, 0.717) is 36.1 Å². The molecule has 234 valence electrons. The summed E-state index contributed by atoms with van der Waals surface area (Å²) >= 11 is 6.22. The summed E-state index contributed by atoms with van der Waals surface area (Å²) in [6, 6.07) is 20.7. The molecule has 2 heterocycles. The van der Waals surface area contributed by atoms with Gasteiger partial charge in [-0.3, -0.25) is 14.5 Å². The first kappa shape index (κ1) is 31.8. The van der Waals surface area contributed by atoms with Crippen molar-refractivity contribution >= 4 is 29.1 Å². The molecule has 3 aromatic carbocycles. The molecular weight excluding hydrogens is 578 g/mol. The van der Waals surface area contributed by atoms with Gasteiger partial charge in [-0.1, -0.05) is 47.5 Å². The van der Waals surface area contributed by atoms with Crippen molar-refractivity contribution in [2.24, 2.45) is 5.92 Å². The van der Waals surface area contributed by atoms with Crippen LogP contribution in [0.4, 0.5) is 5.69 Å². The second-order valence-electron chi connectivity index (χ2n) is 12.2. The second-order valence-corrected chi connectivity index (χ2v) is 12.6. The summed E-state index contributed by atoms with van der Waals surface area (Å²) in [4.78, 5) is 31.9. The highest BCUT2D eigenvalue weighted by atomic mass is 35.5. The predicted molar refractivity (Wildman–Crippen MR) is 172 cm³/mol. The summed E-state index contributed by atoms with van der Waals surface area (Å²) in [5.74, 6) is 0.525. The zero-order valence-corrected chi connectivity index (χ0v) is 26.9. The number of piperidine rings is 1. The van der Waals surface area contributed by atoms with Crippen molar-refractivity contribution in [1.82, 2.24) is 10.2 Å². The maximum absolute atomic E-state index is 14.2. The van der Waals surface area contributed by atoms with Gasteiger partial charge in [0.05, 0.1) is 44.4 Å². The fraction of sp³-hybridized carbons (Fsp3) is 0.429. The molecule has 0 aromatic heterocycles. The average molecular weight is 620 g/mol. The molecular formula is C35H42ClN3O5. The van der Waals surface area contributed by atoms with Crippen LogP contribution in [0.25, 0.3) is 0 Å². The van der Waals surface area contributed by atoms with E-state index in [1.54, 1.807) is 19.1 Å². The summed E-state index contributed by atoms with van der Waals surface area (Å²) < 4.78 is 17.1. The number of carbonyl (C=O) groups is 2. The molecule has 0 saturated carbocycles. The number of methoxy groups -OCH3 is 2. The number of nitrogens with zero attached hydrogens (tertiary/aromatic N) is 2. The minimum absolute atomic E-state index is 0.0210. The molecule has 3 atom stereocenters. The van der Waals surface area contributed by atoms with Crippen LogP contribution < -0.4 is 19.7 Å². The van der Waals surface area contributed by atoms with E-state index in [1.165, 1.54) is 0 Å². The fourth-order valence-corrected chi connectivity index (χ4v) is 6.51. The smallest absolute Gasteiger partial charge is 0.227 e. The molecule has 5 rings (SSSR count).